The summed E-state index contributed by atoms with van der Waals surface area (Å²) in [4.78, 5) is 3.63. The van der Waals surface area contributed by atoms with Gasteiger partial charge in [0.25, 0.3) is 0 Å². The third kappa shape index (κ3) is 2.86. The molecule has 0 radical (unpaired) electrons. The predicted molar refractivity (Wildman–Crippen MR) is 75.3 cm³/mol. The first-order valence-electron chi connectivity index (χ1n) is 5.17. The quantitative estimate of drug-likeness (QED) is 0.808. The van der Waals surface area contributed by atoms with Crippen molar-refractivity contribution in [3.05, 3.63) is 50.6 Å². The van der Waals surface area contributed by atoms with Crippen LogP contribution in [0.15, 0.2) is 40.2 Å². The van der Waals surface area contributed by atoms with Gasteiger partial charge in [-0.05, 0) is 47.1 Å². The van der Waals surface area contributed by atoms with Gasteiger partial charge < -0.3 is 4.90 Å². The average molecular weight is 296 g/mol. The fraction of sp³-hybridized carbons (Fsp3) is 0.231. The minimum atomic E-state index is 0.958. The van der Waals surface area contributed by atoms with Crippen LogP contribution in [0, 0.1) is 6.92 Å². The lowest BCUT2D eigenvalue weighted by Gasteiger charge is -2.18. The molecule has 1 aromatic carbocycles. The summed E-state index contributed by atoms with van der Waals surface area (Å²) in [6.45, 7) is 3.07. The minimum Gasteiger partial charge on any atom is -0.369 e. The van der Waals surface area contributed by atoms with E-state index in [4.69, 9.17) is 0 Å². The van der Waals surface area contributed by atoms with Gasteiger partial charge in [-0.25, -0.2) is 0 Å². The predicted octanol–water partition coefficient (Wildman–Crippen LogP) is 4.46. The molecule has 16 heavy (non-hydrogen) atoms. The molecule has 0 saturated heterocycles. The van der Waals surface area contributed by atoms with Crippen LogP contribution in [0.1, 0.15) is 10.4 Å². The van der Waals surface area contributed by atoms with Crippen molar-refractivity contribution in [2.24, 2.45) is 0 Å². The standard InChI is InChI=1S/C13H14BrNS/c1-10-3-5-11(6-4-10)15(2)9-12-7-8-13(14)16-12/h3-8H,9H2,1-2H3. The van der Waals surface area contributed by atoms with Gasteiger partial charge in [0.2, 0.25) is 0 Å². The van der Waals surface area contributed by atoms with Crippen LogP contribution in [0.2, 0.25) is 0 Å². The molecule has 0 spiro atoms. The molecule has 0 N–H and O–H groups in total. The summed E-state index contributed by atoms with van der Waals surface area (Å²) in [5.74, 6) is 0. The summed E-state index contributed by atoms with van der Waals surface area (Å²) in [6, 6.07) is 12.9. The molecule has 0 saturated carbocycles. The van der Waals surface area contributed by atoms with Crippen LogP contribution in [0.4, 0.5) is 5.69 Å². The van der Waals surface area contributed by atoms with Crippen LogP contribution >= 0.6 is 27.3 Å². The Kier molecular flexibility index (Phi) is 3.66. The fourth-order valence-corrected chi connectivity index (χ4v) is 3.10. The van der Waals surface area contributed by atoms with E-state index in [1.54, 1.807) is 11.3 Å². The van der Waals surface area contributed by atoms with Gasteiger partial charge in [-0.15, -0.1) is 11.3 Å². The molecule has 0 aliphatic heterocycles. The highest BCUT2D eigenvalue weighted by Gasteiger charge is 2.03. The van der Waals surface area contributed by atoms with E-state index in [1.807, 2.05) is 0 Å². The largest absolute Gasteiger partial charge is 0.369 e. The highest BCUT2D eigenvalue weighted by Crippen LogP contribution is 2.24. The van der Waals surface area contributed by atoms with Crippen molar-refractivity contribution in [3.63, 3.8) is 0 Å². The number of nitrogens with zero attached hydrogens (tertiary/aromatic N) is 1. The zero-order chi connectivity index (χ0) is 11.5. The third-order valence-electron chi connectivity index (χ3n) is 2.50. The number of rotatable bonds is 3. The molecular weight excluding hydrogens is 282 g/mol. The minimum absolute atomic E-state index is 0.958. The van der Waals surface area contributed by atoms with E-state index in [1.165, 1.54) is 19.9 Å². The molecule has 1 nitrogen and oxygen atoms in total. The number of halogens is 1. The van der Waals surface area contributed by atoms with Crippen molar-refractivity contribution < 1.29 is 0 Å². The maximum Gasteiger partial charge on any atom is 0.0702 e. The van der Waals surface area contributed by atoms with E-state index in [-0.39, 0.29) is 0 Å². The van der Waals surface area contributed by atoms with Gasteiger partial charge in [0.05, 0.1) is 10.3 Å². The van der Waals surface area contributed by atoms with E-state index in [9.17, 15) is 0 Å². The molecule has 0 aliphatic carbocycles. The molecule has 1 heterocycles. The maximum absolute atomic E-state index is 3.49. The fourth-order valence-electron chi connectivity index (χ4n) is 1.56. The topological polar surface area (TPSA) is 3.24 Å². The van der Waals surface area contributed by atoms with Gasteiger partial charge in [0.15, 0.2) is 0 Å². The van der Waals surface area contributed by atoms with Crippen molar-refractivity contribution in [2.75, 3.05) is 11.9 Å². The summed E-state index contributed by atoms with van der Waals surface area (Å²) in [5.41, 5.74) is 2.56. The van der Waals surface area contributed by atoms with Crippen LogP contribution in [-0.4, -0.2) is 7.05 Å². The Morgan fingerprint density at radius 1 is 1.12 bits per heavy atom. The SMILES string of the molecule is Cc1ccc(N(C)Cc2ccc(Br)s2)cc1. The van der Waals surface area contributed by atoms with Gasteiger partial charge >= 0.3 is 0 Å². The van der Waals surface area contributed by atoms with E-state index in [2.05, 4.69) is 71.2 Å². The highest BCUT2D eigenvalue weighted by molar-refractivity contribution is 9.11. The van der Waals surface area contributed by atoms with Gasteiger partial charge in [0.1, 0.15) is 0 Å². The first kappa shape index (κ1) is 11.7. The number of hydrogen-bond acceptors (Lipinski definition) is 2. The molecule has 0 bridgehead atoms. The van der Waals surface area contributed by atoms with Crippen LogP contribution in [0.25, 0.3) is 0 Å². The first-order valence-corrected chi connectivity index (χ1v) is 6.78. The van der Waals surface area contributed by atoms with E-state index in [0.717, 1.165) is 6.54 Å². The molecule has 84 valence electrons. The summed E-state index contributed by atoms with van der Waals surface area (Å²) in [5, 5.41) is 0. The second-order valence-electron chi connectivity index (χ2n) is 3.90. The summed E-state index contributed by atoms with van der Waals surface area (Å²) in [6.07, 6.45) is 0. The number of hydrogen-bond donors (Lipinski definition) is 0. The monoisotopic (exact) mass is 295 g/mol. The number of benzene rings is 1. The van der Waals surface area contributed by atoms with Crippen LogP contribution < -0.4 is 4.90 Å². The van der Waals surface area contributed by atoms with Crippen molar-refractivity contribution >= 4 is 33.0 Å². The van der Waals surface area contributed by atoms with E-state index in [0.29, 0.717) is 0 Å². The lowest BCUT2D eigenvalue weighted by Crippen LogP contribution is -2.15. The average Bonchev–Trinajstić information content (AvgIpc) is 2.65. The van der Waals surface area contributed by atoms with Crippen molar-refractivity contribution in [2.45, 2.75) is 13.5 Å². The third-order valence-corrected chi connectivity index (χ3v) is 4.11. The lowest BCUT2D eigenvalue weighted by molar-refractivity contribution is 0.940. The normalized spacial score (nSPS) is 10.4. The van der Waals surface area contributed by atoms with Gasteiger partial charge in [-0.2, -0.15) is 0 Å². The Labute approximate surface area is 109 Å². The lowest BCUT2D eigenvalue weighted by atomic mass is 10.2. The number of anilines is 1. The molecule has 3 heteroatoms. The molecule has 1 aromatic heterocycles. The molecule has 2 rings (SSSR count). The number of thiophene rings is 1. The van der Waals surface area contributed by atoms with Gasteiger partial charge in [-0.3, -0.25) is 0 Å². The maximum atomic E-state index is 3.49. The van der Waals surface area contributed by atoms with Gasteiger partial charge in [-0.1, -0.05) is 17.7 Å². The Balaban J connectivity index is 2.08. The van der Waals surface area contributed by atoms with Crippen LogP contribution in [-0.2, 0) is 6.54 Å². The molecule has 2 aromatic rings. The molecule has 0 unspecified atom stereocenters. The number of aryl methyl sites for hydroxylation is 1. The molecule has 0 fully saturated rings. The zero-order valence-corrected chi connectivity index (χ0v) is 11.8. The summed E-state index contributed by atoms with van der Waals surface area (Å²) < 4.78 is 1.19. The van der Waals surface area contributed by atoms with Crippen LogP contribution in [0.5, 0.6) is 0 Å². The van der Waals surface area contributed by atoms with Gasteiger partial charge in [0, 0.05) is 17.6 Å². The van der Waals surface area contributed by atoms with Crippen molar-refractivity contribution in [3.8, 4) is 0 Å². The second kappa shape index (κ2) is 5.02. The summed E-state index contributed by atoms with van der Waals surface area (Å²) >= 11 is 5.28. The second-order valence-corrected chi connectivity index (χ2v) is 6.44. The Morgan fingerprint density at radius 3 is 2.38 bits per heavy atom. The van der Waals surface area contributed by atoms with Crippen molar-refractivity contribution in [1.29, 1.82) is 0 Å². The zero-order valence-electron chi connectivity index (χ0n) is 9.40. The van der Waals surface area contributed by atoms with Crippen molar-refractivity contribution in [1.82, 2.24) is 0 Å². The molecular formula is C13H14BrNS. The molecule has 0 amide bonds. The molecule has 0 aliphatic rings. The Bertz CT molecular complexity index is 461. The Hall–Kier alpha value is -0.800. The van der Waals surface area contributed by atoms with Crippen LogP contribution in [0.3, 0.4) is 0 Å². The van der Waals surface area contributed by atoms with E-state index < -0.39 is 0 Å². The highest BCUT2D eigenvalue weighted by atomic mass is 79.9. The van der Waals surface area contributed by atoms with E-state index >= 15 is 0 Å². The molecule has 0 atom stereocenters. The summed E-state index contributed by atoms with van der Waals surface area (Å²) in [7, 11) is 2.12. The Morgan fingerprint density at radius 2 is 1.81 bits per heavy atom. The first-order chi connectivity index (χ1) is 7.65. The smallest absolute Gasteiger partial charge is 0.0702 e.